The maximum Gasteiger partial charge on any atom is 0.254 e. The SMILES string of the molecule is CO/N=C/c1ccc(C(=O)N2CCCC2c2ccc(F)cc2)cc1. The summed E-state index contributed by atoms with van der Waals surface area (Å²) in [6.45, 7) is 0.716. The number of benzene rings is 2. The molecule has 0 N–H and O–H groups in total. The average molecular weight is 326 g/mol. The van der Waals surface area contributed by atoms with E-state index < -0.39 is 0 Å². The van der Waals surface area contributed by atoms with Crippen molar-refractivity contribution in [3.8, 4) is 0 Å². The van der Waals surface area contributed by atoms with Crippen LogP contribution in [-0.4, -0.2) is 30.7 Å². The molecule has 0 spiro atoms. The number of oxime groups is 1. The van der Waals surface area contributed by atoms with Crippen molar-refractivity contribution in [1.82, 2.24) is 4.90 Å². The Hall–Kier alpha value is -2.69. The Morgan fingerprint density at radius 2 is 1.92 bits per heavy atom. The van der Waals surface area contributed by atoms with Crippen molar-refractivity contribution in [2.24, 2.45) is 5.16 Å². The number of carbonyl (C=O) groups excluding carboxylic acids is 1. The molecule has 1 amide bonds. The fourth-order valence-corrected chi connectivity index (χ4v) is 3.03. The summed E-state index contributed by atoms with van der Waals surface area (Å²) in [4.78, 5) is 19.3. The van der Waals surface area contributed by atoms with Gasteiger partial charge in [0, 0.05) is 12.1 Å². The van der Waals surface area contributed by atoms with Gasteiger partial charge in [0.15, 0.2) is 0 Å². The Morgan fingerprint density at radius 3 is 2.58 bits per heavy atom. The summed E-state index contributed by atoms with van der Waals surface area (Å²) in [5, 5.41) is 3.70. The van der Waals surface area contributed by atoms with Crippen LogP contribution in [0.25, 0.3) is 0 Å². The first kappa shape index (κ1) is 16.2. The Bertz CT molecular complexity index is 726. The third-order valence-electron chi connectivity index (χ3n) is 4.23. The van der Waals surface area contributed by atoms with Crippen molar-refractivity contribution >= 4 is 12.1 Å². The molecule has 1 atom stereocenters. The van der Waals surface area contributed by atoms with Crippen LogP contribution < -0.4 is 0 Å². The first-order valence-electron chi connectivity index (χ1n) is 7.92. The summed E-state index contributed by atoms with van der Waals surface area (Å²) in [6, 6.07) is 13.7. The van der Waals surface area contributed by atoms with Gasteiger partial charge in [-0.15, -0.1) is 0 Å². The van der Waals surface area contributed by atoms with Crippen LogP contribution in [0.2, 0.25) is 0 Å². The first-order chi connectivity index (χ1) is 11.7. The van der Waals surface area contributed by atoms with E-state index in [4.69, 9.17) is 0 Å². The van der Waals surface area contributed by atoms with E-state index in [1.165, 1.54) is 19.2 Å². The lowest BCUT2D eigenvalue weighted by Gasteiger charge is -2.25. The molecule has 1 unspecified atom stereocenters. The Morgan fingerprint density at radius 1 is 1.21 bits per heavy atom. The predicted octanol–water partition coefficient (Wildman–Crippen LogP) is 3.78. The molecule has 1 heterocycles. The van der Waals surface area contributed by atoms with E-state index >= 15 is 0 Å². The maximum atomic E-state index is 13.1. The molecule has 1 fully saturated rings. The predicted molar refractivity (Wildman–Crippen MR) is 90.5 cm³/mol. The normalized spacial score (nSPS) is 17.4. The van der Waals surface area contributed by atoms with Gasteiger partial charge in [-0.1, -0.05) is 29.4 Å². The fourth-order valence-electron chi connectivity index (χ4n) is 3.03. The Balaban J connectivity index is 1.78. The second-order valence-electron chi connectivity index (χ2n) is 5.75. The molecule has 0 bridgehead atoms. The third-order valence-corrected chi connectivity index (χ3v) is 4.23. The van der Waals surface area contributed by atoms with Crippen LogP contribution in [0.5, 0.6) is 0 Å². The van der Waals surface area contributed by atoms with Crippen LogP contribution in [0.15, 0.2) is 53.7 Å². The molecule has 0 saturated carbocycles. The summed E-state index contributed by atoms with van der Waals surface area (Å²) in [5.74, 6) is -0.264. The van der Waals surface area contributed by atoms with Gasteiger partial charge in [-0.2, -0.15) is 0 Å². The second-order valence-corrected chi connectivity index (χ2v) is 5.75. The quantitative estimate of drug-likeness (QED) is 0.634. The maximum absolute atomic E-state index is 13.1. The molecule has 1 aliphatic heterocycles. The van der Waals surface area contributed by atoms with Gasteiger partial charge in [0.2, 0.25) is 0 Å². The molecule has 3 rings (SSSR count). The van der Waals surface area contributed by atoms with Gasteiger partial charge in [-0.25, -0.2) is 4.39 Å². The van der Waals surface area contributed by atoms with E-state index in [1.54, 1.807) is 30.5 Å². The number of halogens is 1. The zero-order valence-corrected chi connectivity index (χ0v) is 13.5. The highest BCUT2D eigenvalue weighted by atomic mass is 19.1. The Kier molecular flexibility index (Phi) is 4.89. The topological polar surface area (TPSA) is 41.9 Å². The summed E-state index contributed by atoms with van der Waals surface area (Å²) < 4.78 is 13.1. The lowest BCUT2D eigenvalue weighted by Crippen LogP contribution is -2.30. The highest BCUT2D eigenvalue weighted by molar-refractivity contribution is 5.95. The van der Waals surface area contributed by atoms with Gasteiger partial charge in [0.1, 0.15) is 12.9 Å². The number of carbonyl (C=O) groups is 1. The molecule has 2 aromatic carbocycles. The molecule has 5 heteroatoms. The van der Waals surface area contributed by atoms with Crippen LogP contribution in [0.4, 0.5) is 4.39 Å². The van der Waals surface area contributed by atoms with Crippen LogP contribution in [-0.2, 0) is 4.84 Å². The van der Waals surface area contributed by atoms with E-state index in [-0.39, 0.29) is 17.8 Å². The molecule has 24 heavy (non-hydrogen) atoms. The zero-order valence-electron chi connectivity index (χ0n) is 13.5. The van der Waals surface area contributed by atoms with E-state index in [2.05, 4.69) is 9.99 Å². The number of rotatable bonds is 4. The first-order valence-corrected chi connectivity index (χ1v) is 7.92. The molecule has 2 aromatic rings. The van der Waals surface area contributed by atoms with Gasteiger partial charge in [-0.05, 0) is 48.2 Å². The van der Waals surface area contributed by atoms with Crippen molar-refractivity contribution in [3.05, 3.63) is 71.0 Å². The number of nitrogens with zero attached hydrogens (tertiary/aromatic N) is 2. The van der Waals surface area contributed by atoms with Crippen LogP contribution in [0, 0.1) is 5.82 Å². The molecular formula is C19H19FN2O2. The van der Waals surface area contributed by atoms with E-state index in [0.29, 0.717) is 12.1 Å². The number of hydrogen-bond donors (Lipinski definition) is 0. The monoisotopic (exact) mass is 326 g/mol. The van der Waals surface area contributed by atoms with E-state index in [0.717, 1.165) is 24.0 Å². The lowest BCUT2D eigenvalue weighted by molar-refractivity contribution is 0.0735. The van der Waals surface area contributed by atoms with Crippen LogP contribution in [0.3, 0.4) is 0 Å². The summed E-state index contributed by atoms with van der Waals surface area (Å²) >= 11 is 0. The molecule has 0 aliphatic carbocycles. The van der Waals surface area contributed by atoms with Crippen molar-refractivity contribution in [2.75, 3.05) is 13.7 Å². The molecule has 1 aliphatic rings. The highest BCUT2D eigenvalue weighted by Crippen LogP contribution is 2.33. The molecule has 4 nitrogen and oxygen atoms in total. The molecular weight excluding hydrogens is 307 g/mol. The minimum absolute atomic E-state index is 0.00273. The summed E-state index contributed by atoms with van der Waals surface area (Å²) in [6.07, 6.45) is 3.44. The summed E-state index contributed by atoms with van der Waals surface area (Å²) in [5.41, 5.74) is 2.48. The van der Waals surface area contributed by atoms with Gasteiger partial charge in [0.25, 0.3) is 5.91 Å². The highest BCUT2D eigenvalue weighted by Gasteiger charge is 2.30. The third kappa shape index (κ3) is 3.45. The minimum atomic E-state index is -0.261. The zero-order chi connectivity index (χ0) is 16.9. The number of amides is 1. The van der Waals surface area contributed by atoms with E-state index in [1.807, 2.05) is 17.0 Å². The van der Waals surface area contributed by atoms with Gasteiger partial charge in [0.05, 0.1) is 12.3 Å². The lowest BCUT2D eigenvalue weighted by atomic mass is 10.0. The smallest absolute Gasteiger partial charge is 0.254 e. The molecule has 1 saturated heterocycles. The standard InChI is InChI=1S/C19H19FN2O2/c1-24-21-13-14-4-6-16(7-5-14)19(23)22-12-2-3-18(22)15-8-10-17(20)11-9-15/h4-11,13,18H,2-3,12H2,1H3/b21-13+. The van der Waals surface area contributed by atoms with Gasteiger partial charge in [-0.3, -0.25) is 4.79 Å². The van der Waals surface area contributed by atoms with Crippen LogP contribution >= 0.6 is 0 Å². The van der Waals surface area contributed by atoms with Crippen LogP contribution in [0.1, 0.15) is 40.4 Å². The van der Waals surface area contributed by atoms with Crippen molar-refractivity contribution < 1.29 is 14.0 Å². The fraction of sp³-hybridized carbons (Fsp3) is 0.263. The van der Waals surface area contributed by atoms with Crippen molar-refractivity contribution in [3.63, 3.8) is 0 Å². The Labute approximate surface area is 140 Å². The minimum Gasteiger partial charge on any atom is -0.399 e. The van der Waals surface area contributed by atoms with Crippen molar-refractivity contribution in [2.45, 2.75) is 18.9 Å². The summed E-state index contributed by atoms with van der Waals surface area (Å²) in [7, 11) is 1.48. The second kappa shape index (κ2) is 7.25. The number of likely N-dealkylation sites (tertiary alicyclic amines) is 1. The largest absolute Gasteiger partial charge is 0.399 e. The van der Waals surface area contributed by atoms with E-state index in [9.17, 15) is 9.18 Å². The molecule has 0 radical (unpaired) electrons. The average Bonchev–Trinajstić information content (AvgIpc) is 3.10. The molecule has 124 valence electrons. The van der Waals surface area contributed by atoms with Gasteiger partial charge >= 0.3 is 0 Å². The number of hydrogen-bond acceptors (Lipinski definition) is 3. The molecule has 0 aromatic heterocycles. The van der Waals surface area contributed by atoms with Crippen molar-refractivity contribution in [1.29, 1.82) is 0 Å². The van der Waals surface area contributed by atoms with Gasteiger partial charge < -0.3 is 9.74 Å².